The summed E-state index contributed by atoms with van der Waals surface area (Å²) < 4.78 is 10.3. The van der Waals surface area contributed by atoms with Gasteiger partial charge < -0.3 is 14.8 Å². The summed E-state index contributed by atoms with van der Waals surface area (Å²) in [5.41, 5.74) is 0.475. The predicted octanol–water partition coefficient (Wildman–Crippen LogP) is 4.06. The molecule has 0 atom stereocenters. The minimum Gasteiger partial charge on any atom is -0.495 e. The molecule has 2 rings (SSSR count). The Morgan fingerprint density at radius 1 is 1.20 bits per heavy atom. The van der Waals surface area contributed by atoms with Crippen LogP contribution in [-0.4, -0.2) is 20.3 Å². The number of carbonyl (C=O) groups is 1. The van der Waals surface area contributed by atoms with E-state index in [-0.39, 0.29) is 6.03 Å². The van der Waals surface area contributed by atoms with Gasteiger partial charge in [0.15, 0.2) is 0 Å². The lowest BCUT2D eigenvalue weighted by Crippen LogP contribution is -2.19. The number of amides is 2. The molecule has 0 fully saturated rings. The van der Waals surface area contributed by atoms with E-state index in [2.05, 4.69) is 10.6 Å². The number of anilines is 2. The van der Waals surface area contributed by atoms with Gasteiger partial charge in [-0.15, -0.1) is 11.3 Å². The van der Waals surface area contributed by atoms with Gasteiger partial charge in [-0.2, -0.15) is 0 Å². The lowest BCUT2D eigenvalue weighted by molar-refractivity contribution is 0.262. The molecule has 0 bridgehead atoms. The number of hydrogen-bond acceptors (Lipinski definition) is 4. The fourth-order valence-electron chi connectivity index (χ4n) is 1.57. The third kappa shape index (κ3) is 3.34. The van der Waals surface area contributed by atoms with Crippen molar-refractivity contribution in [2.75, 3.05) is 24.9 Å². The number of thiophene rings is 1. The largest absolute Gasteiger partial charge is 0.495 e. The predicted molar refractivity (Wildman–Crippen MR) is 81.5 cm³/mol. The quantitative estimate of drug-likeness (QED) is 0.895. The third-order valence-corrected chi connectivity index (χ3v) is 3.56. The van der Waals surface area contributed by atoms with Crippen molar-refractivity contribution in [1.82, 2.24) is 0 Å². The molecule has 7 heteroatoms. The van der Waals surface area contributed by atoms with Crippen LogP contribution in [0.3, 0.4) is 0 Å². The van der Waals surface area contributed by atoms with E-state index in [1.54, 1.807) is 12.1 Å². The average Bonchev–Trinajstić information content (AvgIpc) is 2.92. The highest BCUT2D eigenvalue weighted by molar-refractivity contribution is 7.14. The Morgan fingerprint density at radius 3 is 2.55 bits per heavy atom. The van der Waals surface area contributed by atoms with E-state index in [1.165, 1.54) is 25.6 Å². The van der Waals surface area contributed by atoms with Crippen molar-refractivity contribution >= 4 is 39.7 Å². The van der Waals surface area contributed by atoms with Crippen molar-refractivity contribution in [2.24, 2.45) is 0 Å². The number of ether oxygens (including phenoxy) is 2. The van der Waals surface area contributed by atoms with E-state index in [4.69, 9.17) is 21.1 Å². The molecule has 0 aliphatic heterocycles. The van der Waals surface area contributed by atoms with Crippen LogP contribution in [-0.2, 0) is 0 Å². The van der Waals surface area contributed by atoms with Crippen LogP contribution in [0.5, 0.6) is 11.5 Å². The zero-order chi connectivity index (χ0) is 14.5. The minimum atomic E-state index is -0.366. The van der Waals surface area contributed by atoms with Crippen molar-refractivity contribution in [3.05, 3.63) is 34.7 Å². The molecule has 1 aromatic heterocycles. The van der Waals surface area contributed by atoms with Crippen LogP contribution < -0.4 is 20.1 Å². The highest BCUT2D eigenvalue weighted by Crippen LogP contribution is 2.35. The maximum atomic E-state index is 11.9. The second-order valence-electron chi connectivity index (χ2n) is 3.74. The lowest BCUT2D eigenvalue weighted by atomic mass is 10.2. The number of halogens is 1. The van der Waals surface area contributed by atoms with Gasteiger partial charge in [-0.3, -0.25) is 5.32 Å². The molecular weight excluding hydrogens is 300 g/mol. The molecule has 0 aliphatic carbocycles. The molecule has 0 aliphatic rings. The number of methoxy groups -OCH3 is 2. The maximum absolute atomic E-state index is 11.9. The second-order valence-corrected chi connectivity index (χ2v) is 5.10. The maximum Gasteiger partial charge on any atom is 0.324 e. The van der Waals surface area contributed by atoms with Crippen LogP contribution in [0.2, 0.25) is 5.02 Å². The molecule has 0 spiro atoms. The Balaban J connectivity index is 2.17. The highest BCUT2D eigenvalue weighted by Gasteiger charge is 2.12. The first-order valence-electron chi connectivity index (χ1n) is 5.67. The topological polar surface area (TPSA) is 59.6 Å². The van der Waals surface area contributed by atoms with Crippen LogP contribution in [0.1, 0.15) is 0 Å². The minimum absolute atomic E-state index is 0.366. The fraction of sp³-hybridized carbons (Fsp3) is 0.154. The van der Waals surface area contributed by atoms with Crippen LogP contribution in [0.4, 0.5) is 15.5 Å². The Kier molecular flexibility index (Phi) is 4.70. The monoisotopic (exact) mass is 312 g/mol. The molecule has 0 saturated carbocycles. The highest BCUT2D eigenvalue weighted by atomic mass is 35.5. The summed E-state index contributed by atoms with van der Waals surface area (Å²) >= 11 is 7.43. The zero-order valence-corrected chi connectivity index (χ0v) is 12.5. The van der Waals surface area contributed by atoms with Crippen LogP contribution in [0.25, 0.3) is 0 Å². The summed E-state index contributed by atoms with van der Waals surface area (Å²) in [6.45, 7) is 0. The fourth-order valence-corrected chi connectivity index (χ4v) is 2.42. The summed E-state index contributed by atoms with van der Waals surface area (Å²) in [6.07, 6.45) is 0. The molecule has 106 valence electrons. The van der Waals surface area contributed by atoms with Gasteiger partial charge in [-0.1, -0.05) is 11.6 Å². The number of benzene rings is 1. The Hall–Kier alpha value is -1.92. The van der Waals surface area contributed by atoms with Crippen molar-refractivity contribution < 1.29 is 14.3 Å². The third-order valence-electron chi connectivity index (χ3n) is 2.48. The first-order valence-corrected chi connectivity index (χ1v) is 6.93. The lowest BCUT2D eigenvalue weighted by Gasteiger charge is -2.13. The van der Waals surface area contributed by atoms with Gasteiger partial charge in [0.1, 0.15) is 11.5 Å². The summed E-state index contributed by atoms with van der Waals surface area (Å²) in [5, 5.41) is 8.45. The molecule has 0 unspecified atom stereocenters. The van der Waals surface area contributed by atoms with Crippen molar-refractivity contribution in [3.8, 4) is 11.5 Å². The van der Waals surface area contributed by atoms with Gasteiger partial charge in [-0.25, -0.2) is 4.79 Å². The number of urea groups is 1. The van der Waals surface area contributed by atoms with Gasteiger partial charge in [-0.05, 0) is 17.5 Å². The molecule has 2 amide bonds. The van der Waals surface area contributed by atoms with Crippen molar-refractivity contribution in [1.29, 1.82) is 0 Å². The Morgan fingerprint density at radius 2 is 1.95 bits per heavy atom. The van der Waals surface area contributed by atoms with E-state index in [9.17, 15) is 4.79 Å². The number of nitrogens with one attached hydrogen (secondary N) is 2. The van der Waals surface area contributed by atoms with E-state index in [0.717, 1.165) is 5.00 Å². The summed E-state index contributed by atoms with van der Waals surface area (Å²) in [4.78, 5) is 11.9. The average molecular weight is 313 g/mol. The number of carbonyl (C=O) groups excluding carboxylic acids is 1. The smallest absolute Gasteiger partial charge is 0.324 e. The Bertz CT molecular complexity index is 602. The van der Waals surface area contributed by atoms with E-state index < -0.39 is 0 Å². The van der Waals surface area contributed by atoms with Gasteiger partial charge in [0, 0.05) is 12.1 Å². The number of hydrogen-bond donors (Lipinski definition) is 2. The van der Waals surface area contributed by atoms with Crippen molar-refractivity contribution in [2.45, 2.75) is 0 Å². The summed E-state index contributed by atoms with van der Waals surface area (Å²) in [7, 11) is 3.00. The zero-order valence-electron chi connectivity index (χ0n) is 10.9. The molecule has 1 aromatic carbocycles. The molecule has 20 heavy (non-hydrogen) atoms. The second kappa shape index (κ2) is 6.49. The van der Waals surface area contributed by atoms with Crippen LogP contribution in [0, 0.1) is 0 Å². The van der Waals surface area contributed by atoms with Crippen molar-refractivity contribution in [3.63, 3.8) is 0 Å². The Labute approximate surface area is 125 Å². The standard InChI is InChI=1S/C13H13ClN2O3S/c1-18-10-7-9(11(19-2)6-8(10)14)15-13(17)16-12-4-3-5-20-12/h3-7H,1-2H3,(H2,15,16,17). The molecule has 1 heterocycles. The first-order chi connectivity index (χ1) is 9.63. The first kappa shape index (κ1) is 14.5. The van der Waals surface area contributed by atoms with Gasteiger partial charge in [0.2, 0.25) is 0 Å². The SMILES string of the molecule is COc1cc(NC(=O)Nc2cccs2)c(OC)cc1Cl. The van der Waals surface area contributed by atoms with E-state index >= 15 is 0 Å². The van der Waals surface area contributed by atoms with E-state index in [1.807, 2.05) is 17.5 Å². The molecule has 0 radical (unpaired) electrons. The summed E-state index contributed by atoms with van der Waals surface area (Å²) in [5.74, 6) is 0.913. The van der Waals surface area contributed by atoms with Gasteiger partial charge in [0.05, 0.1) is 29.9 Å². The molecule has 2 aromatic rings. The molecular formula is C13H13ClN2O3S. The molecule has 5 nitrogen and oxygen atoms in total. The van der Waals surface area contributed by atoms with Crippen LogP contribution >= 0.6 is 22.9 Å². The van der Waals surface area contributed by atoms with E-state index in [0.29, 0.717) is 22.2 Å². The van der Waals surface area contributed by atoms with Gasteiger partial charge in [0.25, 0.3) is 0 Å². The number of rotatable bonds is 4. The van der Waals surface area contributed by atoms with Gasteiger partial charge >= 0.3 is 6.03 Å². The molecule has 2 N–H and O–H groups in total. The summed E-state index contributed by atoms with van der Waals surface area (Å²) in [6, 6.07) is 6.49. The van der Waals surface area contributed by atoms with Crippen LogP contribution in [0.15, 0.2) is 29.6 Å². The normalized spacial score (nSPS) is 9.95. The molecule has 0 saturated heterocycles.